The molecule has 13 nitrogen and oxygen atoms in total. The monoisotopic (exact) mass is 902 g/mol. The molecule has 7 unspecified atom stereocenters. The number of nitroso groups, excluding NO2 is 1. The van der Waals surface area contributed by atoms with Gasteiger partial charge in [0.1, 0.15) is 12.5 Å². The molecule has 2 amide bonds. The summed E-state index contributed by atoms with van der Waals surface area (Å²) in [5.41, 5.74) is 11.2. The largest absolute Gasteiger partial charge is 1.00 e. The zero-order valence-corrected chi connectivity index (χ0v) is 45.4. The number of carbonyl (C=O) groups excluding carboxylic acids is 4. The van der Waals surface area contributed by atoms with Crippen molar-refractivity contribution in [2.75, 3.05) is 62.0 Å². The molecule has 1 saturated heterocycles. The van der Waals surface area contributed by atoms with Gasteiger partial charge in [0, 0.05) is 45.8 Å². The van der Waals surface area contributed by atoms with Gasteiger partial charge in [-0.3, -0.25) is 16.4 Å². The molecule has 0 spiro atoms. The number of benzene rings is 1. The third kappa shape index (κ3) is 32.0. The van der Waals surface area contributed by atoms with E-state index < -0.39 is 0 Å². The van der Waals surface area contributed by atoms with Crippen LogP contribution < -0.4 is 46.3 Å². The molecule has 0 radical (unpaired) electrons. The van der Waals surface area contributed by atoms with Crippen LogP contribution in [0.5, 0.6) is 0 Å². The van der Waals surface area contributed by atoms with Crippen molar-refractivity contribution < 1.29 is 53.5 Å². The van der Waals surface area contributed by atoms with Gasteiger partial charge in [0.15, 0.2) is 0 Å². The molecule has 63 heavy (non-hydrogen) atoms. The number of amides is 2. The molecule has 364 valence electrons. The Morgan fingerprint density at radius 1 is 0.984 bits per heavy atom. The van der Waals surface area contributed by atoms with E-state index in [1.54, 1.807) is 13.2 Å². The van der Waals surface area contributed by atoms with E-state index in [0.717, 1.165) is 70.4 Å². The summed E-state index contributed by atoms with van der Waals surface area (Å²) >= 11 is 0. The maximum absolute atomic E-state index is 12.2. The van der Waals surface area contributed by atoms with Gasteiger partial charge in [-0.05, 0) is 132 Å². The van der Waals surface area contributed by atoms with E-state index in [1.807, 2.05) is 54.9 Å². The molecule has 1 fully saturated rings. The third-order valence-corrected chi connectivity index (χ3v) is 11.7. The zero-order valence-electron chi connectivity index (χ0n) is 43.4. The second kappa shape index (κ2) is 47.6. The summed E-state index contributed by atoms with van der Waals surface area (Å²) in [6.45, 7) is 33.0. The van der Waals surface area contributed by atoms with E-state index >= 15 is 0 Å². The molecule has 5 N–H and O–H groups in total. The van der Waals surface area contributed by atoms with Crippen LogP contribution in [-0.4, -0.2) is 127 Å². The minimum absolute atomic E-state index is 0. The summed E-state index contributed by atoms with van der Waals surface area (Å²) in [5.74, 6) is 3.35. The Balaban J connectivity index is -0.000000190. The predicted octanol–water partition coefficient (Wildman–Crippen LogP) is 5.62. The Labute approximate surface area is 409 Å². The van der Waals surface area contributed by atoms with Crippen molar-refractivity contribution in [1.29, 1.82) is 0 Å². The first-order chi connectivity index (χ1) is 29.5. The van der Waals surface area contributed by atoms with Crippen LogP contribution in [0.2, 0.25) is 0 Å². The number of hydrogen-bond acceptors (Lipinski definition) is 11. The normalized spacial score (nSPS) is 15.8. The topological polar surface area (TPSA) is 181 Å². The van der Waals surface area contributed by atoms with Gasteiger partial charge in [-0.25, -0.2) is 0 Å². The number of nitrogens with one attached hydrogen (secondary N) is 1. The zero-order chi connectivity index (χ0) is 49.4. The SMILES string of the molecule is C=CCN.C=O.CC(C)C(C)N(C)C.CCC(C)C(C(CC)OC)N(C)C(=O)CC(C)C.CCC(C[C@H](C)C(CCNC)c1ccc(N=O)cc1)C1CCCN1C=O.CN.[CH-]=O.[Na+]. The number of ether oxygens (including phenoxy) is 1. The van der Waals surface area contributed by atoms with E-state index in [4.69, 9.17) is 20.1 Å². The quantitative estimate of drug-likeness (QED) is 0.0435. The number of methoxy groups -OCH3 is 1. The Kier molecular flexibility index (Phi) is 54.6. The summed E-state index contributed by atoms with van der Waals surface area (Å²) in [6, 6.07) is 8.98. The van der Waals surface area contributed by atoms with Crippen LogP contribution in [-0.2, 0) is 23.9 Å². The smallest absolute Gasteiger partial charge is 0.545 e. The standard InChI is InChI=1S/C21H33N3O2.C15H31NO2.C7H17N.C3H7N.CH5N.CH2O.CHO.Na/c1-4-17(21-6-5-13-24(21)15-25)14-16(2)20(11-12-22-3)18-7-9-19(23-26)10-8-18;1-8-12(5)15(13(9-2)18-7)16(6)14(17)10-11(3)4;1-6(2)7(3)8(4)5;1-2-3-4;3*1-2;/h7-10,15-17,20-22H,4-6,11-14H2,1-3H3;11-13,15H,8-10H2,1-7H3;6-7H,1-5H3;2H,1,3-4H2;2H2,1H3;1H2;1H;/q;;;;;;-1;+1/t16-,17?,20?,21?;;;;;;;/m0......./s1. The van der Waals surface area contributed by atoms with Gasteiger partial charge in [0.05, 0.1) is 12.1 Å². The van der Waals surface area contributed by atoms with E-state index in [1.165, 1.54) is 12.6 Å². The first-order valence-corrected chi connectivity index (χ1v) is 22.6. The molecule has 14 heteroatoms. The summed E-state index contributed by atoms with van der Waals surface area (Å²) in [6.07, 6.45) is 11.0. The van der Waals surface area contributed by atoms with Crippen LogP contribution in [0.15, 0.2) is 42.1 Å². The third-order valence-electron chi connectivity index (χ3n) is 11.7. The molecular formula is C49H96N7NaO6. The van der Waals surface area contributed by atoms with Gasteiger partial charge in [-0.1, -0.05) is 93.4 Å². The van der Waals surface area contributed by atoms with E-state index in [-0.39, 0.29) is 47.6 Å². The number of nitrogens with zero attached hydrogens (tertiary/aromatic N) is 4. The fourth-order valence-electron chi connectivity index (χ4n) is 7.59. The second-order valence-corrected chi connectivity index (χ2v) is 16.7. The first kappa shape index (κ1) is 72.2. The number of hydrogen-bond donors (Lipinski definition) is 3. The molecule has 1 aromatic rings. The van der Waals surface area contributed by atoms with Gasteiger partial charge in [0.2, 0.25) is 12.3 Å². The fourth-order valence-corrected chi connectivity index (χ4v) is 7.59. The van der Waals surface area contributed by atoms with Gasteiger partial charge < -0.3 is 45.8 Å². The van der Waals surface area contributed by atoms with Crippen molar-refractivity contribution >= 4 is 31.6 Å². The van der Waals surface area contributed by atoms with Crippen molar-refractivity contribution in [2.45, 2.75) is 151 Å². The van der Waals surface area contributed by atoms with E-state index in [0.29, 0.717) is 60.3 Å². The van der Waals surface area contributed by atoms with Crippen LogP contribution in [0.1, 0.15) is 132 Å². The second-order valence-electron chi connectivity index (χ2n) is 16.7. The van der Waals surface area contributed by atoms with Crippen LogP contribution in [0, 0.1) is 34.5 Å². The number of rotatable bonds is 22. The first-order valence-electron chi connectivity index (χ1n) is 22.6. The number of carbonyl (C=O) groups is 3. The summed E-state index contributed by atoms with van der Waals surface area (Å²) in [5, 5.41) is 6.27. The van der Waals surface area contributed by atoms with Crippen LogP contribution in [0.25, 0.3) is 0 Å². The maximum atomic E-state index is 12.2. The minimum Gasteiger partial charge on any atom is -0.545 e. The average molecular weight is 902 g/mol. The number of likely N-dealkylation sites (tertiary alicyclic amines) is 1. The van der Waals surface area contributed by atoms with Crippen molar-refractivity contribution in [3.63, 3.8) is 0 Å². The van der Waals surface area contributed by atoms with Gasteiger partial charge in [0.25, 0.3) is 0 Å². The minimum atomic E-state index is 0. The number of nitrogens with two attached hydrogens (primary N) is 2. The average Bonchev–Trinajstić information content (AvgIpc) is 3.78. The molecule has 0 bridgehead atoms. The summed E-state index contributed by atoms with van der Waals surface area (Å²) < 4.78 is 5.57. The van der Waals surface area contributed by atoms with Crippen molar-refractivity contribution in [3.05, 3.63) is 47.4 Å². The van der Waals surface area contributed by atoms with E-state index in [2.05, 4.69) is 118 Å². The van der Waals surface area contributed by atoms with Crippen molar-refractivity contribution in [2.24, 2.45) is 46.2 Å². The van der Waals surface area contributed by atoms with Gasteiger partial charge in [-0.15, -0.1) is 11.5 Å². The van der Waals surface area contributed by atoms with Crippen LogP contribution in [0.4, 0.5) is 5.69 Å². The van der Waals surface area contributed by atoms with E-state index in [9.17, 15) is 14.5 Å². The summed E-state index contributed by atoms with van der Waals surface area (Å²) in [7, 11) is 11.4. The van der Waals surface area contributed by atoms with Crippen molar-refractivity contribution in [3.8, 4) is 0 Å². The number of likely N-dealkylation sites (N-methyl/N-ethyl adjacent to an activating group) is 1. The van der Waals surface area contributed by atoms with Crippen LogP contribution >= 0.6 is 0 Å². The Hall–Kier alpha value is -2.36. The predicted molar refractivity (Wildman–Crippen MR) is 264 cm³/mol. The molecule has 1 aliphatic rings. The van der Waals surface area contributed by atoms with Crippen LogP contribution in [0.3, 0.4) is 0 Å². The maximum Gasteiger partial charge on any atom is 1.00 e. The van der Waals surface area contributed by atoms with Crippen molar-refractivity contribution in [1.82, 2.24) is 20.0 Å². The molecule has 1 heterocycles. The molecule has 8 atom stereocenters. The van der Waals surface area contributed by atoms with Gasteiger partial charge in [-0.2, -0.15) is 0 Å². The van der Waals surface area contributed by atoms with Gasteiger partial charge >= 0.3 is 29.6 Å². The molecule has 0 saturated carbocycles. The molecule has 0 aromatic heterocycles. The molecule has 1 aromatic carbocycles. The molecular weight excluding hydrogens is 806 g/mol. The molecule has 1 aliphatic heterocycles. The fraction of sp³-hybridized carbons (Fsp3) is 0.755. The molecule has 2 rings (SSSR count). The Morgan fingerprint density at radius 3 is 1.84 bits per heavy atom. The Morgan fingerprint density at radius 2 is 1.51 bits per heavy atom. The molecule has 0 aliphatic carbocycles. The summed E-state index contributed by atoms with van der Waals surface area (Å²) in [4.78, 5) is 56.2. The Bertz CT molecular complexity index is 1180.